The summed E-state index contributed by atoms with van der Waals surface area (Å²) in [5.41, 5.74) is 8.56. The SMILES string of the molecule is Cc1cccc(N2CCCN(C)CC2CN)c1. The first-order valence-electron chi connectivity index (χ1n) is 6.42. The summed E-state index contributed by atoms with van der Waals surface area (Å²) in [6.07, 6.45) is 1.21. The second-order valence-corrected chi connectivity index (χ2v) is 5.04. The van der Waals surface area contributed by atoms with Crippen molar-refractivity contribution in [1.29, 1.82) is 0 Å². The van der Waals surface area contributed by atoms with Gasteiger partial charge >= 0.3 is 0 Å². The molecule has 0 radical (unpaired) electrons. The highest BCUT2D eigenvalue weighted by atomic mass is 15.2. The third-order valence-electron chi connectivity index (χ3n) is 3.51. The van der Waals surface area contributed by atoms with Crippen LogP contribution in [-0.4, -0.2) is 44.2 Å². The van der Waals surface area contributed by atoms with Gasteiger partial charge in [0.25, 0.3) is 0 Å². The minimum atomic E-state index is 0.435. The second kappa shape index (κ2) is 5.52. The van der Waals surface area contributed by atoms with Gasteiger partial charge in [0.1, 0.15) is 0 Å². The highest BCUT2D eigenvalue weighted by Crippen LogP contribution is 2.20. The highest BCUT2D eigenvalue weighted by molar-refractivity contribution is 5.49. The molecule has 17 heavy (non-hydrogen) atoms. The zero-order chi connectivity index (χ0) is 12.3. The smallest absolute Gasteiger partial charge is 0.0539 e. The lowest BCUT2D eigenvalue weighted by atomic mass is 10.1. The summed E-state index contributed by atoms with van der Waals surface area (Å²) >= 11 is 0. The minimum Gasteiger partial charge on any atom is -0.366 e. The van der Waals surface area contributed by atoms with Crippen LogP contribution in [0, 0.1) is 6.92 Å². The number of benzene rings is 1. The normalized spacial score (nSPS) is 22.5. The molecule has 1 aliphatic rings. The fourth-order valence-electron chi connectivity index (χ4n) is 2.59. The van der Waals surface area contributed by atoms with Crippen molar-refractivity contribution in [3.05, 3.63) is 29.8 Å². The summed E-state index contributed by atoms with van der Waals surface area (Å²) in [6, 6.07) is 9.16. The molecule has 1 heterocycles. The molecule has 1 unspecified atom stereocenters. The number of nitrogens with zero attached hydrogens (tertiary/aromatic N) is 2. The zero-order valence-electron chi connectivity index (χ0n) is 10.9. The van der Waals surface area contributed by atoms with Crippen LogP contribution in [0.2, 0.25) is 0 Å². The fourth-order valence-corrected chi connectivity index (χ4v) is 2.59. The van der Waals surface area contributed by atoms with E-state index in [1.807, 2.05) is 0 Å². The summed E-state index contributed by atoms with van der Waals surface area (Å²) in [5.74, 6) is 0. The Balaban J connectivity index is 2.22. The summed E-state index contributed by atoms with van der Waals surface area (Å²) < 4.78 is 0. The van der Waals surface area contributed by atoms with Gasteiger partial charge in [-0.25, -0.2) is 0 Å². The Bertz CT molecular complexity index is 364. The molecule has 1 aromatic carbocycles. The maximum atomic E-state index is 5.93. The van der Waals surface area contributed by atoms with Crippen LogP contribution in [0.15, 0.2) is 24.3 Å². The Morgan fingerprint density at radius 3 is 2.88 bits per heavy atom. The number of hydrogen-bond donors (Lipinski definition) is 1. The van der Waals surface area contributed by atoms with E-state index in [4.69, 9.17) is 5.73 Å². The standard InChI is InChI=1S/C14H23N3/c1-12-5-3-6-13(9-12)17-8-4-7-16(2)11-14(17)10-15/h3,5-6,9,14H,4,7-8,10-11,15H2,1-2H3. The molecule has 2 rings (SSSR count). The lowest BCUT2D eigenvalue weighted by Gasteiger charge is -2.32. The van der Waals surface area contributed by atoms with Crippen LogP contribution in [0.4, 0.5) is 5.69 Å². The Morgan fingerprint density at radius 1 is 1.35 bits per heavy atom. The van der Waals surface area contributed by atoms with Crippen molar-refractivity contribution in [3.8, 4) is 0 Å². The largest absolute Gasteiger partial charge is 0.366 e. The van der Waals surface area contributed by atoms with Crippen LogP contribution in [-0.2, 0) is 0 Å². The molecule has 0 aliphatic carbocycles. The maximum Gasteiger partial charge on any atom is 0.0539 e. The molecule has 0 spiro atoms. The average Bonchev–Trinajstić information content (AvgIpc) is 2.50. The van der Waals surface area contributed by atoms with E-state index in [1.165, 1.54) is 24.2 Å². The molecule has 3 nitrogen and oxygen atoms in total. The van der Waals surface area contributed by atoms with Crippen LogP contribution in [0.5, 0.6) is 0 Å². The van der Waals surface area contributed by atoms with Gasteiger partial charge < -0.3 is 15.5 Å². The van der Waals surface area contributed by atoms with E-state index in [1.54, 1.807) is 0 Å². The summed E-state index contributed by atoms with van der Waals surface area (Å²) in [6.45, 7) is 6.20. The monoisotopic (exact) mass is 233 g/mol. The first-order chi connectivity index (χ1) is 8.20. The quantitative estimate of drug-likeness (QED) is 0.839. The minimum absolute atomic E-state index is 0.435. The molecule has 94 valence electrons. The molecule has 1 aliphatic heterocycles. The van der Waals surface area contributed by atoms with Gasteiger partial charge in [0, 0.05) is 25.3 Å². The third kappa shape index (κ3) is 2.99. The predicted octanol–water partition coefficient (Wildman–Crippen LogP) is 1.46. The van der Waals surface area contributed by atoms with Gasteiger partial charge in [-0.2, -0.15) is 0 Å². The Kier molecular flexibility index (Phi) is 4.02. The molecule has 3 heteroatoms. The number of hydrogen-bond acceptors (Lipinski definition) is 3. The molecule has 0 amide bonds. The molecule has 1 saturated heterocycles. The first kappa shape index (κ1) is 12.4. The van der Waals surface area contributed by atoms with Crippen LogP contribution >= 0.6 is 0 Å². The molecule has 1 atom stereocenters. The molecule has 0 saturated carbocycles. The van der Waals surface area contributed by atoms with Gasteiger partial charge in [-0.1, -0.05) is 12.1 Å². The lowest BCUT2D eigenvalue weighted by Crippen LogP contribution is -2.45. The number of nitrogens with two attached hydrogens (primary N) is 1. The van der Waals surface area contributed by atoms with Crippen LogP contribution in [0.3, 0.4) is 0 Å². The number of likely N-dealkylation sites (N-methyl/N-ethyl adjacent to an activating group) is 1. The van der Waals surface area contributed by atoms with Crippen molar-refractivity contribution < 1.29 is 0 Å². The van der Waals surface area contributed by atoms with Gasteiger partial charge in [-0.15, -0.1) is 0 Å². The Hall–Kier alpha value is -1.06. The Morgan fingerprint density at radius 2 is 2.18 bits per heavy atom. The summed E-state index contributed by atoms with van der Waals surface area (Å²) in [5, 5.41) is 0. The van der Waals surface area contributed by atoms with E-state index >= 15 is 0 Å². The predicted molar refractivity (Wildman–Crippen MR) is 73.5 cm³/mol. The van der Waals surface area contributed by atoms with Crippen molar-refractivity contribution in [2.45, 2.75) is 19.4 Å². The molecule has 2 N–H and O–H groups in total. The van der Waals surface area contributed by atoms with E-state index in [2.05, 4.69) is 48.0 Å². The van der Waals surface area contributed by atoms with Gasteiger partial charge in [-0.05, 0) is 44.6 Å². The van der Waals surface area contributed by atoms with Crippen LogP contribution < -0.4 is 10.6 Å². The number of aryl methyl sites for hydroxylation is 1. The van der Waals surface area contributed by atoms with Crippen molar-refractivity contribution in [2.24, 2.45) is 5.73 Å². The molecule has 1 aromatic rings. The molecule has 0 bridgehead atoms. The maximum absolute atomic E-state index is 5.93. The number of anilines is 1. The zero-order valence-corrected chi connectivity index (χ0v) is 10.9. The fraction of sp³-hybridized carbons (Fsp3) is 0.571. The van der Waals surface area contributed by atoms with Crippen molar-refractivity contribution in [1.82, 2.24) is 4.90 Å². The van der Waals surface area contributed by atoms with Crippen LogP contribution in [0.1, 0.15) is 12.0 Å². The average molecular weight is 233 g/mol. The first-order valence-corrected chi connectivity index (χ1v) is 6.42. The van der Waals surface area contributed by atoms with Crippen molar-refractivity contribution >= 4 is 5.69 Å². The molecular weight excluding hydrogens is 210 g/mol. The van der Waals surface area contributed by atoms with E-state index in [0.717, 1.165) is 19.6 Å². The van der Waals surface area contributed by atoms with E-state index in [9.17, 15) is 0 Å². The summed E-state index contributed by atoms with van der Waals surface area (Å²) in [4.78, 5) is 4.85. The van der Waals surface area contributed by atoms with Crippen molar-refractivity contribution in [2.75, 3.05) is 38.1 Å². The topological polar surface area (TPSA) is 32.5 Å². The second-order valence-electron chi connectivity index (χ2n) is 5.04. The van der Waals surface area contributed by atoms with Gasteiger partial charge in [0.2, 0.25) is 0 Å². The summed E-state index contributed by atoms with van der Waals surface area (Å²) in [7, 11) is 2.18. The highest BCUT2D eigenvalue weighted by Gasteiger charge is 2.22. The number of rotatable bonds is 2. The van der Waals surface area contributed by atoms with E-state index < -0.39 is 0 Å². The van der Waals surface area contributed by atoms with Gasteiger partial charge in [-0.3, -0.25) is 0 Å². The Labute approximate surface area is 104 Å². The molecular formula is C14H23N3. The van der Waals surface area contributed by atoms with E-state index in [0.29, 0.717) is 6.04 Å². The molecule has 0 aromatic heterocycles. The van der Waals surface area contributed by atoms with Crippen LogP contribution in [0.25, 0.3) is 0 Å². The van der Waals surface area contributed by atoms with E-state index in [-0.39, 0.29) is 0 Å². The van der Waals surface area contributed by atoms with Gasteiger partial charge in [0.15, 0.2) is 0 Å². The van der Waals surface area contributed by atoms with Gasteiger partial charge in [0.05, 0.1) is 6.04 Å². The van der Waals surface area contributed by atoms with Crippen molar-refractivity contribution in [3.63, 3.8) is 0 Å². The molecule has 1 fully saturated rings. The third-order valence-corrected chi connectivity index (χ3v) is 3.51. The lowest BCUT2D eigenvalue weighted by molar-refractivity contribution is 0.332.